The van der Waals surface area contributed by atoms with Crippen LogP contribution in [0.4, 0.5) is 0 Å². The molecule has 1 unspecified atom stereocenters. The van der Waals surface area contributed by atoms with Crippen LogP contribution in [0.25, 0.3) is 5.65 Å². The van der Waals surface area contributed by atoms with E-state index in [1.807, 2.05) is 28.8 Å². The van der Waals surface area contributed by atoms with Crippen LogP contribution in [0.15, 0.2) is 48.8 Å². The summed E-state index contributed by atoms with van der Waals surface area (Å²) in [4.78, 5) is 4.41. The van der Waals surface area contributed by atoms with Crippen molar-refractivity contribution in [3.8, 4) is 5.75 Å². The fourth-order valence-electron chi connectivity index (χ4n) is 2.16. The first-order valence-corrected chi connectivity index (χ1v) is 6.52. The Morgan fingerprint density at radius 3 is 2.90 bits per heavy atom. The first kappa shape index (κ1) is 13.0. The zero-order chi connectivity index (χ0) is 14.1. The van der Waals surface area contributed by atoms with Gasteiger partial charge >= 0.3 is 0 Å². The van der Waals surface area contributed by atoms with Crippen molar-refractivity contribution in [2.75, 3.05) is 7.11 Å². The van der Waals surface area contributed by atoms with Gasteiger partial charge < -0.3 is 14.2 Å². The number of hydrogen-bond donors (Lipinski definition) is 1. The highest BCUT2D eigenvalue weighted by Crippen LogP contribution is 2.31. The second-order valence-corrected chi connectivity index (χ2v) is 4.86. The third-order valence-corrected chi connectivity index (χ3v) is 3.38. The van der Waals surface area contributed by atoms with Gasteiger partial charge in [0.05, 0.1) is 12.8 Å². The van der Waals surface area contributed by atoms with Gasteiger partial charge in [0.25, 0.3) is 0 Å². The van der Waals surface area contributed by atoms with Crippen LogP contribution in [-0.2, 0) is 0 Å². The van der Waals surface area contributed by atoms with Crippen LogP contribution in [0.1, 0.15) is 17.4 Å². The topological polar surface area (TPSA) is 46.8 Å². The number of pyridine rings is 1. The smallest absolute Gasteiger partial charge is 0.137 e. The molecule has 4 nitrogen and oxygen atoms in total. The molecule has 0 spiro atoms. The lowest BCUT2D eigenvalue weighted by atomic mass is 10.1. The van der Waals surface area contributed by atoms with Gasteiger partial charge in [-0.1, -0.05) is 17.7 Å². The van der Waals surface area contributed by atoms with Crippen LogP contribution in [0, 0.1) is 0 Å². The number of halogens is 1. The third-order valence-electron chi connectivity index (χ3n) is 3.15. The van der Waals surface area contributed by atoms with Crippen LogP contribution >= 0.6 is 11.6 Å². The summed E-state index contributed by atoms with van der Waals surface area (Å²) in [7, 11) is 1.56. The number of benzene rings is 1. The molecule has 1 atom stereocenters. The maximum atomic E-state index is 10.5. The first-order valence-electron chi connectivity index (χ1n) is 6.14. The predicted molar refractivity (Wildman–Crippen MR) is 77.3 cm³/mol. The van der Waals surface area contributed by atoms with E-state index in [9.17, 15) is 5.11 Å². The van der Waals surface area contributed by atoms with Crippen molar-refractivity contribution < 1.29 is 9.84 Å². The lowest BCUT2D eigenvalue weighted by Crippen LogP contribution is -2.02. The molecule has 1 aromatic carbocycles. The van der Waals surface area contributed by atoms with E-state index in [1.54, 1.807) is 31.5 Å². The molecule has 5 heteroatoms. The van der Waals surface area contributed by atoms with E-state index in [-0.39, 0.29) is 0 Å². The maximum absolute atomic E-state index is 10.5. The molecule has 0 amide bonds. The molecule has 0 saturated heterocycles. The minimum Gasteiger partial charge on any atom is -0.496 e. The van der Waals surface area contributed by atoms with Gasteiger partial charge in [-0.3, -0.25) is 0 Å². The quantitative estimate of drug-likeness (QED) is 0.806. The fraction of sp³-hybridized carbons (Fsp3) is 0.133. The fourth-order valence-corrected chi connectivity index (χ4v) is 2.34. The minimum atomic E-state index is -0.886. The van der Waals surface area contributed by atoms with Crippen molar-refractivity contribution in [2.45, 2.75) is 6.10 Å². The van der Waals surface area contributed by atoms with Crippen molar-refractivity contribution in [2.24, 2.45) is 0 Å². The lowest BCUT2D eigenvalue weighted by molar-refractivity contribution is 0.210. The predicted octanol–water partition coefficient (Wildman–Crippen LogP) is 3.08. The molecule has 0 saturated carbocycles. The van der Waals surface area contributed by atoms with E-state index in [4.69, 9.17) is 16.3 Å². The maximum Gasteiger partial charge on any atom is 0.137 e. The second kappa shape index (κ2) is 5.15. The highest BCUT2D eigenvalue weighted by atomic mass is 35.5. The Bertz CT molecular complexity index is 721. The summed E-state index contributed by atoms with van der Waals surface area (Å²) < 4.78 is 7.12. The Morgan fingerprint density at radius 1 is 1.30 bits per heavy atom. The molecule has 0 aliphatic carbocycles. The van der Waals surface area contributed by atoms with E-state index in [0.29, 0.717) is 22.0 Å². The highest BCUT2D eigenvalue weighted by Gasteiger charge is 2.18. The average molecular weight is 289 g/mol. The van der Waals surface area contributed by atoms with Crippen molar-refractivity contribution in [3.05, 3.63) is 65.1 Å². The van der Waals surface area contributed by atoms with Gasteiger partial charge in [0.15, 0.2) is 0 Å². The zero-order valence-electron chi connectivity index (χ0n) is 10.8. The average Bonchev–Trinajstić information content (AvgIpc) is 2.90. The number of hydrogen-bond acceptors (Lipinski definition) is 3. The summed E-state index contributed by atoms with van der Waals surface area (Å²) in [5, 5.41) is 11.1. The molecule has 0 aliphatic rings. The molecule has 0 radical (unpaired) electrons. The Hall–Kier alpha value is -2.04. The minimum absolute atomic E-state index is 0.545. The van der Waals surface area contributed by atoms with Gasteiger partial charge in [-0.05, 0) is 30.3 Å². The van der Waals surface area contributed by atoms with Gasteiger partial charge in [-0.25, -0.2) is 4.98 Å². The van der Waals surface area contributed by atoms with E-state index in [2.05, 4.69) is 4.98 Å². The molecule has 3 aromatic rings. The standard InChI is InChI=1S/C15H13ClN2O2/c1-20-13-6-5-10(16)8-11(13)15(19)12-9-18-7-3-2-4-14(18)17-12/h2-9,15,19H,1H3. The van der Waals surface area contributed by atoms with Crippen LogP contribution in [-0.4, -0.2) is 21.6 Å². The van der Waals surface area contributed by atoms with Crippen LogP contribution in [0.5, 0.6) is 5.75 Å². The summed E-state index contributed by atoms with van der Waals surface area (Å²) in [6.07, 6.45) is 2.79. The summed E-state index contributed by atoms with van der Waals surface area (Å²) >= 11 is 5.99. The number of aliphatic hydroxyl groups excluding tert-OH is 1. The Labute approximate surface area is 121 Å². The summed E-state index contributed by atoms with van der Waals surface area (Å²) in [5.74, 6) is 0.582. The molecule has 0 fully saturated rings. The van der Waals surface area contributed by atoms with E-state index < -0.39 is 6.10 Å². The van der Waals surface area contributed by atoms with Crippen LogP contribution in [0.3, 0.4) is 0 Å². The molecule has 20 heavy (non-hydrogen) atoms. The Morgan fingerprint density at radius 2 is 2.15 bits per heavy atom. The second-order valence-electron chi connectivity index (χ2n) is 4.42. The zero-order valence-corrected chi connectivity index (χ0v) is 11.6. The summed E-state index contributed by atoms with van der Waals surface area (Å²) in [6, 6.07) is 10.8. The molecular formula is C15H13ClN2O2. The largest absolute Gasteiger partial charge is 0.496 e. The molecule has 2 aromatic heterocycles. The van der Waals surface area contributed by atoms with Gasteiger partial charge in [-0.15, -0.1) is 0 Å². The number of rotatable bonds is 3. The van der Waals surface area contributed by atoms with Crippen molar-refractivity contribution >= 4 is 17.2 Å². The number of fused-ring (bicyclic) bond motifs is 1. The number of methoxy groups -OCH3 is 1. The number of ether oxygens (including phenoxy) is 1. The highest BCUT2D eigenvalue weighted by molar-refractivity contribution is 6.30. The van der Waals surface area contributed by atoms with Crippen LogP contribution in [0.2, 0.25) is 5.02 Å². The molecule has 0 bridgehead atoms. The summed E-state index contributed by atoms with van der Waals surface area (Å²) in [5.41, 5.74) is 1.93. The molecule has 102 valence electrons. The number of aliphatic hydroxyl groups is 1. The molecular weight excluding hydrogens is 276 g/mol. The molecule has 2 heterocycles. The number of imidazole rings is 1. The van der Waals surface area contributed by atoms with E-state index in [1.165, 1.54) is 0 Å². The van der Waals surface area contributed by atoms with Gasteiger partial charge in [0.2, 0.25) is 0 Å². The SMILES string of the molecule is COc1ccc(Cl)cc1C(O)c1cn2ccccc2n1. The molecule has 0 aliphatic heterocycles. The van der Waals surface area contributed by atoms with Gasteiger partial charge in [-0.2, -0.15) is 0 Å². The van der Waals surface area contributed by atoms with Gasteiger partial charge in [0.1, 0.15) is 17.5 Å². The molecule has 3 rings (SSSR count). The van der Waals surface area contributed by atoms with Crippen molar-refractivity contribution in [1.82, 2.24) is 9.38 Å². The van der Waals surface area contributed by atoms with Crippen molar-refractivity contribution in [1.29, 1.82) is 0 Å². The lowest BCUT2D eigenvalue weighted by Gasteiger charge is -2.13. The Kier molecular flexibility index (Phi) is 3.34. The normalized spacial score (nSPS) is 12.6. The first-order chi connectivity index (χ1) is 9.69. The Balaban J connectivity index is 2.07. The van der Waals surface area contributed by atoms with Crippen molar-refractivity contribution in [3.63, 3.8) is 0 Å². The monoisotopic (exact) mass is 288 g/mol. The summed E-state index contributed by atoms with van der Waals surface area (Å²) in [6.45, 7) is 0. The van der Waals surface area contributed by atoms with Gasteiger partial charge in [0, 0.05) is 23.0 Å². The third kappa shape index (κ3) is 2.24. The van der Waals surface area contributed by atoms with E-state index in [0.717, 1.165) is 5.65 Å². The number of nitrogens with zero attached hydrogens (tertiary/aromatic N) is 2. The number of aromatic nitrogens is 2. The molecule has 1 N–H and O–H groups in total. The van der Waals surface area contributed by atoms with E-state index >= 15 is 0 Å². The van der Waals surface area contributed by atoms with Crippen LogP contribution < -0.4 is 4.74 Å².